The summed E-state index contributed by atoms with van der Waals surface area (Å²) in [6.07, 6.45) is 6.34. The zero-order chi connectivity index (χ0) is 29.0. The normalized spacial score (nSPS) is 17.4. The van der Waals surface area contributed by atoms with Gasteiger partial charge in [-0.2, -0.15) is 0 Å². The molecule has 0 saturated carbocycles. The molecule has 41 heavy (non-hydrogen) atoms. The fourth-order valence-electron chi connectivity index (χ4n) is 4.67. The SMILES string of the molecule is CC(OCCS(C)(=O)=O)C1(c2ccc3ncnc(Nc4ccc(OCc5cccc(F)c5)c(Cl)c4)c3c2)CC=CO1. The van der Waals surface area contributed by atoms with Crippen LogP contribution in [0.4, 0.5) is 15.9 Å². The molecule has 0 amide bonds. The first kappa shape index (κ1) is 28.8. The molecule has 8 nitrogen and oxygen atoms in total. The number of nitrogens with zero attached hydrogens (tertiary/aromatic N) is 2. The number of nitrogens with one attached hydrogen (secondary N) is 1. The maximum Gasteiger partial charge on any atom is 0.162 e. The van der Waals surface area contributed by atoms with Gasteiger partial charge in [0.05, 0.1) is 35.3 Å². The van der Waals surface area contributed by atoms with Gasteiger partial charge in [0.2, 0.25) is 0 Å². The first-order valence-corrected chi connectivity index (χ1v) is 15.4. The molecule has 214 valence electrons. The molecule has 1 aliphatic heterocycles. The molecule has 2 heterocycles. The second kappa shape index (κ2) is 12.0. The van der Waals surface area contributed by atoms with Crippen LogP contribution in [0.5, 0.6) is 5.75 Å². The van der Waals surface area contributed by atoms with Gasteiger partial charge in [0.15, 0.2) is 5.60 Å². The van der Waals surface area contributed by atoms with Crippen LogP contribution < -0.4 is 10.1 Å². The van der Waals surface area contributed by atoms with Gasteiger partial charge in [-0.15, -0.1) is 0 Å². The number of halogens is 2. The van der Waals surface area contributed by atoms with E-state index in [4.69, 9.17) is 25.8 Å². The lowest BCUT2D eigenvalue weighted by Gasteiger charge is -2.35. The average molecular weight is 598 g/mol. The molecule has 0 spiro atoms. The van der Waals surface area contributed by atoms with Crippen molar-refractivity contribution in [3.05, 3.63) is 101 Å². The number of aromatic nitrogens is 2. The molecule has 2 unspecified atom stereocenters. The van der Waals surface area contributed by atoms with E-state index in [9.17, 15) is 12.8 Å². The summed E-state index contributed by atoms with van der Waals surface area (Å²) < 4.78 is 54.5. The Balaban J connectivity index is 1.37. The predicted octanol–water partition coefficient (Wildman–Crippen LogP) is 6.32. The zero-order valence-electron chi connectivity index (χ0n) is 22.5. The summed E-state index contributed by atoms with van der Waals surface area (Å²) in [4.78, 5) is 8.87. The van der Waals surface area contributed by atoms with E-state index in [0.29, 0.717) is 34.3 Å². The van der Waals surface area contributed by atoms with Crippen LogP contribution in [-0.2, 0) is 31.5 Å². The van der Waals surface area contributed by atoms with Crippen molar-refractivity contribution in [1.29, 1.82) is 0 Å². The third-order valence-corrected chi connectivity index (χ3v) is 8.08. The summed E-state index contributed by atoms with van der Waals surface area (Å²) >= 11 is 6.50. The maximum absolute atomic E-state index is 13.5. The number of anilines is 2. The first-order valence-electron chi connectivity index (χ1n) is 12.9. The molecule has 2 atom stereocenters. The van der Waals surface area contributed by atoms with Gasteiger partial charge in [-0.3, -0.25) is 0 Å². The van der Waals surface area contributed by atoms with E-state index in [1.54, 1.807) is 30.5 Å². The van der Waals surface area contributed by atoms with Gasteiger partial charge in [0, 0.05) is 23.8 Å². The van der Waals surface area contributed by atoms with Crippen molar-refractivity contribution in [3.63, 3.8) is 0 Å². The molecule has 5 rings (SSSR count). The van der Waals surface area contributed by atoms with Crippen LogP contribution in [0.2, 0.25) is 5.02 Å². The molecule has 1 aliphatic rings. The van der Waals surface area contributed by atoms with Gasteiger partial charge in [0.1, 0.15) is 40.2 Å². The summed E-state index contributed by atoms with van der Waals surface area (Å²) in [5, 5.41) is 4.45. The van der Waals surface area contributed by atoms with Crippen molar-refractivity contribution in [2.24, 2.45) is 0 Å². The van der Waals surface area contributed by atoms with Crippen LogP contribution >= 0.6 is 11.6 Å². The van der Waals surface area contributed by atoms with E-state index in [2.05, 4.69) is 15.3 Å². The van der Waals surface area contributed by atoms with Crippen molar-refractivity contribution in [2.75, 3.05) is 23.9 Å². The molecule has 0 radical (unpaired) electrons. The quantitative estimate of drug-likeness (QED) is 0.214. The number of rotatable bonds is 11. The van der Waals surface area contributed by atoms with E-state index in [1.807, 2.05) is 37.3 Å². The molecule has 3 aromatic carbocycles. The highest BCUT2D eigenvalue weighted by Gasteiger charge is 2.42. The fraction of sp³-hybridized carbons (Fsp3) is 0.267. The van der Waals surface area contributed by atoms with Crippen molar-refractivity contribution in [2.45, 2.75) is 31.7 Å². The number of sulfone groups is 1. The summed E-state index contributed by atoms with van der Waals surface area (Å²) in [7, 11) is -3.15. The highest BCUT2D eigenvalue weighted by atomic mass is 35.5. The van der Waals surface area contributed by atoms with E-state index >= 15 is 0 Å². The average Bonchev–Trinajstić information content (AvgIpc) is 3.43. The number of hydrogen-bond acceptors (Lipinski definition) is 8. The van der Waals surface area contributed by atoms with E-state index in [0.717, 1.165) is 16.5 Å². The lowest BCUT2D eigenvalue weighted by Crippen LogP contribution is -2.39. The van der Waals surface area contributed by atoms with Crippen molar-refractivity contribution in [1.82, 2.24) is 9.97 Å². The molecule has 0 fully saturated rings. The Kier molecular flexibility index (Phi) is 8.44. The fourth-order valence-corrected chi connectivity index (χ4v) is 5.31. The maximum atomic E-state index is 13.5. The second-order valence-corrected chi connectivity index (χ2v) is 12.5. The van der Waals surface area contributed by atoms with Gasteiger partial charge in [-0.05, 0) is 66.6 Å². The Morgan fingerprint density at radius 2 is 2.00 bits per heavy atom. The Bertz CT molecular complexity index is 1690. The lowest BCUT2D eigenvalue weighted by atomic mass is 9.85. The van der Waals surface area contributed by atoms with Crippen LogP contribution in [0, 0.1) is 5.82 Å². The van der Waals surface area contributed by atoms with E-state index in [-0.39, 0.29) is 24.8 Å². The highest BCUT2D eigenvalue weighted by Crippen LogP contribution is 2.41. The molecule has 4 aromatic rings. The number of hydrogen-bond donors (Lipinski definition) is 1. The van der Waals surface area contributed by atoms with Gasteiger partial charge >= 0.3 is 0 Å². The largest absolute Gasteiger partial charge is 0.487 e. The first-order chi connectivity index (χ1) is 19.6. The van der Waals surface area contributed by atoms with Crippen LogP contribution in [0.15, 0.2) is 79.3 Å². The minimum absolute atomic E-state index is 0.0668. The summed E-state index contributed by atoms with van der Waals surface area (Å²) in [6, 6.07) is 17.3. The van der Waals surface area contributed by atoms with Crippen LogP contribution in [0.25, 0.3) is 10.9 Å². The third-order valence-electron chi connectivity index (χ3n) is 6.88. The summed E-state index contributed by atoms with van der Waals surface area (Å²) in [5.41, 5.74) is 2.12. The minimum Gasteiger partial charge on any atom is -0.487 e. The van der Waals surface area contributed by atoms with Crippen molar-refractivity contribution < 1.29 is 27.0 Å². The molecule has 1 N–H and O–H groups in total. The molecule has 1 aromatic heterocycles. The van der Waals surface area contributed by atoms with Crippen molar-refractivity contribution in [3.8, 4) is 5.75 Å². The highest BCUT2D eigenvalue weighted by molar-refractivity contribution is 7.90. The van der Waals surface area contributed by atoms with E-state index in [1.165, 1.54) is 24.7 Å². The Labute approximate surface area is 243 Å². The molecule has 0 bridgehead atoms. The number of fused-ring (bicyclic) bond motifs is 1. The van der Waals surface area contributed by atoms with Gasteiger partial charge in [0.25, 0.3) is 0 Å². The van der Waals surface area contributed by atoms with Crippen LogP contribution in [-0.4, -0.2) is 43.1 Å². The van der Waals surface area contributed by atoms with Gasteiger partial charge in [-0.1, -0.05) is 29.8 Å². The number of ether oxygens (including phenoxy) is 3. The standard InChI is InChI=1S/C30H29ClFN3O5S/c1-20(38-13-14-41(2,36)37)30(11-4-12-40-30)22-7-9-27-25(16-22)29(34-19-33-27)35-24-8-10-28(26(31)17-24)39-18-21-5-3-6-23(32)15-21/h3-10,12,15-17,19-20H,11,13-14,18H2,1-2H3,(H,33,34,35). The Hall–Kier alpha value is -3.73. The monoisotopic (exact) mass is 597 g/mol. The van der Waals surface area contributed by atoms with Gasteiger partial charge < -0.3 is 19.5 Å². The van der Waals surface area contributed by atoms with Crippen LogP contribution in [0.1, 0.15) is 24.5 Å². The van der Waals surface area contributed by atoms with Gasteiger partial charge in [-0.25, -0.2) is 22.8 Å². The topological polar surface area (TPSA) is 99.6 Å². The molecule has 0 saturated heterocycles. The molecular formula is C30H29ClFN3O5S. The molecular weight excluding hydrogens is 569 g/mol. The Morgan fingerprint density at radius 3 is 2.73 bits per heavy atom. The minimum atomic E-state index is -3.15. The summed E-state index contributed by atoms with van der Waals surface area (Å²) in [6.45, 7) is 2.12. The van der Waals surface area contributed by atoms with Crippen molar-refractivity contribution >= 4 is 43.8 Å². The lowest BCUT2D eigenvalue weighted by molar-refractivity contribution is -0.0964. The second-order valence-electron chi connectivity index (χ2n) is 9.87. The zero-order valence-corrected chi connectivity index (χ0v) is 24.1. The summed E-state index contributed by atoms with van der Waals surface area (Å²) in [5.74, 6) is 0.632. The molecule has 11 heteroatoms. The third kappa shape index (κ3) is 6.78. The van der Waals surface area contributed by atoms with Crippen LogP contribution in [0.3, 0.4) is 0 Å². The number of benzene rings is 3. The molecule has 0 aliphatic carbocycles. The Morgan fingerprint density at radius 1 is 1.15 bits per heavy atom. The predicted molar refractivity (Wildman–Crippen MR) is 157 cm³/mol. The van der Waals surface area contributed by atoms with E-state index < -0.39 is 21.5 Å². The smallest absolute Gasteiger partial charge is 0.162 e.